The number of aromatic nitrogens is 2. The minimum Gasteiger partial charge on any atom is -0.396 e. The van der Waals surface area contributed by atoms with Crippen LogP contribution in [-0.2, 0) is 0 Å². The van der Waals surface area contributed by atoms with Gasteiger partial charge in [-0.2, -0.15) is 5.10 Å². The first-order chi connectivity index (χ1) is 11.6. The highest BCUT2D eigenvalue weighted by Crippen LogP contribution is 2.25. The van der Waals surface area contributed by atoms with Crippen LogP contribution in [0.1, 0.15) is 41.7 Å². The lowest BCUT2D eigenvalue weighted by Crippen LogP contribution is -2.36. The van der Waals surface area contributed by atoms with E-state index in [1.54, 1.807) is 10.7 Å². The molecule has 1 unspecified atom stereocenters. The number of likely N-dealkylation sites (tertiary alicyclic amines) is 1. The van der Waals surface area contributed by atoms with Gasteiger partial charge in [0, 0.05) is 31.0 Å². The summed E-state index contributed by atoms with van der Waals surface area (Å²) in [6, 6.07) is 7.65. The zero-order valence-corrected chi connectivity index (χ0v) is 14.5. The maximum atomic E-state index is 12.9. The van der Waals surface area contributed by atoms with E-state index in [4.69, 9.17) is 16.7 Å². The zero-order chi connectivity index (χ0) is 17.1. The van der Waals surface area contributed by atoms with Crippen LogP contribution in [0.15, 0.2) is 30.5 Å². The second kappa shape index (κ2) is 7.36. The number of benzene rings is 1. The Morgan fingerprint density at radius 3 is 2.96 bits per heavy atom. The van der Waals surface area contributed by atoms with Crippen LogP contribution in [0.5, 0.6) is 0 Å². The van der Waals surface area contributed by atoms with Crippen molar-refractivity contribution in [2.45, 2.75) is 38.6 Å². The van der Waals surface area contributed by atoms with Crippen molar-refractivity contribution < 1.29 is 9.90 Å². The fourth-order valence-corrected chi connectivity index (χ4v) is 3.52. The third-order valence-corrected chi connectivity index (χ3v) is 4.85. The highest BCUT2D eigenvalue weighted by molar-refractivity contribution is 6.32. The third-order valence-electron chi connectivity index (χ3n) is 4.53. The van der Waals surface area contributed by atoms with Gasteiger partial charge in [0.25, 0.3) is 5.91 Å². The molecule has 3 rings (SSSR count). The summed E-state index contributed by atoms with van der Waals surface area (Å²) in [4.78, 5) is 14.8. The van der Waals surface area contributed by atoms with Crippen LogP contribution in [-0.4, -0.2) is 44.9 Å². The van der Waals surface area contributed by atoms with E-state index in [0.29, 0.717) is 10.7 Å². The summed E-state index contributed by atoms with van der Waals surface area (Å²) in [5.41, 5.74) is 2.08. The second-order valence-corrected chi connectivity index (χ2v) is 6.62. The first-order valence-electron chi connectivity index (χ1n) is 8.35. The molecule has 1 aromatic carbocycles. The van der Waals surface area contributed by atoms with E-state index in [-0.39, 0.29) is 18.6 Å². The van der Waals surface area contributed by atoms with Crippen LogP contribution in [0.2, 0.25) is 5.02 Å². The molecule has 5 nitrogen and oxygen atoms in total. The monoisotopic (exact) mass is 347 g/mol. The number of amides is 1. The molecule has 2 heterocycles. The lowest BCUT2D eigenvalue weighted by atomic mass is 10.1. The van der Waals surface area contributed by atoms with E-state index in [1.807, 2.05) is 36.2 Å². The SMILES string of the molecule is Cc1cn(-c2ccccc2Cl)nc1C(=O)N1CCCC1CCCO. The number of carbonyl (C=O) groups excluding carboxylic acids is 1. The first kappa shape index (κ1) is 17.0. The molecule has 0 radical (unpaired) electrons. The number of aryl methyl sites for hydroxylation is 1. The van der Waals surface area contributed by atoms with Crippen molar-refractivity contribution >= 4 is 17.5 Å². The van der Waals surface area contributed by atoms with Gasteiger partial charge < -0.3 is 10.0 Å². The Bertz CT molecular complexity index is 729. The molecule has 0 saturated carbocycles. The lowest BCUT2D eigenvalue weighted by molar-refractivity contribution is 0.0717. The second-order valence-electron chi connectivity index (χ2n) is 6.22. The van der Waals surface area contributed by atoms with E-state index in [9.17, 15) is 4.79 Å². The lowest BCUT2D eigenvalue weighted by Gasteiger charge is -2.24. The summed E-state index contributed by atoms with van der Waals surface area (Å²) in [5.74, 6) is -0.0289. The van der Waals surface area contributed by atoms with Crippen molar-refractivity contribution in [3.63, 3.8) is 0 Å². The van der Waals surface area contributed by atoms with Gasteiger partial charge in [-0.05, 0) is 44.7 Å². The Hall–Kier alpha value is -1.85. The van der Waals surface area contributed by atoms with Gasteiger partial charge >= 0.3 is 0 Å². The van der Waals surface area contributed by atoms with E-state index in [0.717, 1.165) is 43.5 Å². The average Bonchev–Trinajstić information content (AvgIpc) is 3.19. The van der Waals surface area contributed by atoms with Gasteiger partial charge in [0.15, 0.2) is 5.69 Å². The summed E-state index contributed by atoms with van der Waals surface area (Å²) in [6.07, 6.45) is 5.41. The van der Waals surface area contributed by atoms with Gasteiger partial charge in [-0.25, -0.2) is 4.68 Å². The quantitative estimate of drug-likeness (QED) is 0.903. The molecule has 1 atom stereocenters. The van der Waals surface area contributed by atoms with Crippen molar-refractivity contribution in [3.05, 3.63) is 46.7 Å². The van der Waals surface area contributed by atoms with E-state index in [1.165, 1.54) is 0 Å². The Morgan fingerprint density at radius 1 is 1.42 bits per heavy atom. The van der Waals surface area contributed by atoms with Crippen molar-refractivity contribution in [2.24, 2.45) is 0 Å². The number of para-hydroxylation sites is 1. The molecular weight excluding hydrogens is 326 g/mol. The third kappa shape index (κ3) is 3.32. The number of hydrogen-bond acceptors (Lipinski definition) is 3. The van der Waals surface area contributed by atoms with Gasteiger partial charge in [0.2, 0.25) is 0 Å². The van der Waals surface area contributed by atoms with Crippen molar-refractivity contribution in [3.8, 4) is 5.69 Å². The number of hydrogen-bond donors (Lipinski definition) is 1. The van der Waals surface area contributed by atoms with Gasteiger partial charge in [-0.15, -0.1) is 0 Å². The van der Waals surface area contributed by atoms with Gasteiger partial charge in [-0.3, -0.25) is 4.79 Å². The minimum absolute atomic E-state index is 0.0289. The summed E-state index contributed by atoms with van der Waals surface area (Å²) in [5, 5.41) is 14.1. The molecule has 128 valence electrons. The molecule has 1 N–H and O–H groups in total. The summed E-state index contributed by atoms with van der Waals surface area (Å²) < 4.78 is 1.67. The fraction of sp³-hybridized carbons (Fsp3) is 0.444. The first-order valence-corrected chi connectivity index (χ1v) is 8.72. The normalized spacial score (nSPS) is 17.5. The Balaban J connectivity index is 1.85. The van der Waals surface area contributed by atoms with Crippen LogP contribution < -0.4 is 0 Å². The Morgan fingerprint density at radius 2 is 2.21 bits per heavy atom. The highest BCUT2D eigenvalue weighted by atomic mass is 35.5. The molecular formula is C18H22ClN3O2. The molecule has 1 aromatic heterocycles. The molecule has 0 spiro atoms. The molecule has 1 aliphatic rings. The van der Waals surface area contributed by atoms with Crippen LogP contribution in [0, 0.1) is 6.92 Å². The number of rotatable bonds is 5. The van der Waals surface area contributed by atoms with Crippen molar-refractivity contribution in [1.29, 1.82) is 0 Å². The molecule has 2 aromatic rings. The number of aliphatic hydroxyl groups is 1. The Kier molecular flexibility index (Phi) is 5.21. The fourth-order valence-electron chi connectivity index (χ4n) is 3.30. The summed E-state index contributed by atoms with van der Waals surface area (Å²) in [6.45, 7) is 2.82. The average molecular weight is 348 g/mol. The van der Waals surface area contributed by atoms with Gasteiger partial charge in [0.1, 0.15) is 0 Å². The number of nitrogens with zero attached hydrogens (tertiary/aromatic N) is 3. The van der Waals surface area contributed by atoms with E-state index < -0.39 is 0 Å². The smallest absolute Gasteiger partial charge is 0.274 e. The predicted molar refractivity (Wildman–Crippen MR) is 93.7 cm³/mol. The van der Waals surface area contributed by atoms with Crippen LogP contribution >= 0.6 is 11.6 Å². The molecule has 1 fully saturated rings. The number of carbonyl (C=O) groups is 1. The number of aliphatic hydroxyl groups excluding tert-OH is 1. The predicted octanol–water partition coefficient (Wildman–Crippen LogP) is 3.21. The number of halogens is 1. The largest absolute Gasteiger partial charge is 0.396 e. The van der Waals surface area contributed by atoms with Gasteiger partial charge in [-0.1, -0.05) is 23.7 Å². The highest BCUT2D eigenvalue weighted by Gasteiger charge is 2.31. The standard InChI is InChI=1S/C18H22ClN3O2/c1-13-12-22(16-9-3-2-8-15(16)19)20-17(13)18(24)21-10-4-6-14(21)7-5-11-23/h2-3,8-9,12,14,23H,4-7,10-11H2,1H3. The van der Waals surface area contributed by atoms with Crippen molar-refractivity contribution in [1.82, 2.24) is 14.7 Å². The molecule has 0 aliphatic carbocycles. The molecule has 6 heteroatoms. The van der Waals surface area contributed by atoms with Crippen LogP contribution in [0.25, 0.3) is 5.69 Å². The van der Waals surface area contributed by atoms with Crippen LogP contribution in [0.3, 0.4) is 0 Å². The summed E-state index contributed by atoms with van der Waals surface area (Å²) >= 11 is 6.23. The molecule has 24 heavy (non-hydrogen) atoms. The van der Waals surface area contributed by atoms with Crippen molar-refractivity contribution in [2.75, 3.05) is 13.2 Å². The van der Waals surface area contributed by atoms with E-state index in [2.05, 4.69) is 5.10 Å². The topological polar surface area (TPSA) is 58.4 Å². The van der Waals surface area contributed by atoms with E-state index >= 15 is 0 Å². The maximum absolute atomic E-state index is 12.9. The summed E-state index contributed by atoms with van der Waals surface area (Å²) in [7, 11) is 0. The molecule has 0 bridgehead atoms. The van der Waals surface area contributed by atoms with Crippen LogP contribution in [0.4, 0.5) is 0 Å². The molecule has 1 aliphatic heterocycles. The minimum atomic E-state index is -0.0289. The molecule has 1 amide bonds. The Labute approximate surface area is 146 Å². The zero-order valence-electron chi connectivity index (χ0n) is 13.8. The van der Waals surface area contributed by atoms with Gasteiger partial charge in [0.05, 0.1) is 10.7 Å². The maximum Gasteiger partial charge on any atom is 0.274 e. The molecule has 1 saturated heterocycles.